The molecule has 0 fully saturated rings. The zero-order valence-corrected chi connectivity index (χ0v) is 9.10. The number of ether oxygens (including phenoxy) is 1. The van der Waals surface area contributed by atoms with E-state index >= 15 is 0 Å². The molecule has 1 aromatic heterocycles. The molecule has 0 aliphatic carbocycles. The van der Waals surface area contributed by atoms with Crippen LogP contribution in [0.5, 0.6) is 5.75 Å². The van der Waals surface area contributed by atoms with E-state index in [1.54, 1.807) is 18.4 Å². The molecular formula is C9H12ClNOS. The Morgan fingerprint density at radius 2 is 2.15 bits per heavy atom. The molecule has 0 saturated carbocycles. The maximum atomic E-state index is 6.06. The van der Waals surface area contributed by atoms with Gasteiger partial charge in [0, 0.05) is 10.4 Å². The Bertz CT molecular complexity index is 311. The molecule has 13 heavy (non-hydrogen) atoms. The Balaban J connectivity index is 2.41. The number of halogens is 1. The Morgan fingerprint density at radius 1 is 1.38 bits per heavy atom. The van der Waals surface area contributed by atoms with E-state index in [-0.39, 0.29) is 0 Å². The van der Waals surface area contributed by atoms with Crippen molar-refractivity contribution in [3.63, 3.8) is 0 Å². The quantitative estimate of drug-likeness (QED) is 0.778. The summed E-state index contributed by atoms with van der Waals surface area (Å²) in [5.41, 5.74) is 1.31. The van der Waals surface area contributed by atoms with E-state index in [1.165, 1.54) is 10.4 Å². The molecular weight excluding hydrogens is 206 g/mol. The number of thiophene rings is 1. The molecule has 0 saturated heterocycles. The van der Waals surface area contributed by atoms with E-state index in [0.29, 0.717) is 0 Å². The summed E-state index contributed by atoms with van der Waals surface area (Å²) in [6, 6.07) is 0. The van der Waals surface area contributed by atoms with E-state index in [2.05, 4.69) is 5.32 Å². The summed E-state index contributed by atoms with van der Waals surface area (Å²) in [7, 11) is 1.69. The first-order valence-electron chi connectivity index (χ1n) is 4.37. The van der Waals surface area contributed by atoms with Crippen LogP contribution in [0, 0.1) is 0 Å². The van der Waals surface area contributed by atoms with Gasteiger partial charge in [-0.3, -0.25) is 0 Å². The van der Waals surface area contributed by atoms with Gasteiger partial charge in [-0.15, -0.1) is 11.3 Å². The molecule has 2 heterocycles. The van der Waals surface area contributed by atoms with Crippen molar-refractivity contribution in [2.75, 3.05) is 20.2 Å². The van der Waals surface area contributed by atoms with Crippen molar-refractivity contribution >= 4 is 22.9 Å². The zero-order valence-electron chi connectivity index (χ0n) is 7.52. The third kappa shape index (κ3) is 1.68. The van der Waals surface area contributed by atoms with Crippen LogP contribution in [-0.2, 0) is 12.8 Å². The average molecular weight is 218 g/mol. The third-order valence-corrected chi connectivity index (χ3v) is 3.75. The number of hydrogen-bond donors (Lipinski definition) is 1. The summed E-state index contributed by atoms with van der Waals surface area (Å²) in [5.74, 6) is 0.894. The van der Waals surface area contributed by atoms with Crippen LogP contribution in [0.4, 0.5) is 0 Å². The molecule has 0 radical (unpaired) electrons. The number of fused-ring (bicyclic) bond motifs is 1. The Kier molecular flexibility index (Phi) is 2.77. The molecule has 0 unspecified atom stereocenters. The average Bonchev–Trinajstić information content (AvgIpc) is 2.32. The molecule has 1 aromatic rings. The van der Waals surface area contributed by atoms with E-state index < -0.39 is 0 Å². The topological polar surface area (TPSA) is 21.3 Å². The minimum atomic E-state index is 0.800. The Labute approximate surface area is 86.9 Å². The summed E-state index contributed by atoms with van der Waals surface area (Å²) in [6.45, 7) is 2.07. The second kappa shape index (κ2) is 3.86. The van der Waals surface area contributed by atoms with Gasteiger partial charge in [0.1, 0.15) is 4.34 Å². The van der Waals surface area contributed by atoms with Crippen LogP contribution >= 0.6 is 22.9 Å². The largest absolute Gasteiger partial charge is 0.494 e. The van der Waals surface area contributed by atoms with Crippen LogP contribution in [0.25, 0.3) is 0 Å². The van der Waals surface area contributed by atoms with Crippen LogP contribution in [0.15, 0.2) is 0 Å². The van der Waals surface area contributed by atoms with Crippen LogP contribution < -0.4 is 10.1 Å². The highest BCUT2D eigenvalue weighted by atomic mass is 35.5. The molecule has 0 spiro atoms. The molecule has 1 N–H and O–H groups in total. The Hall–Kier alpha value is -0.250. The lowest BCUT2D eigenvalue weighted by atomic mass is 10.1. The van der Waals surface area contributed by atoms with Gasteiger partial charge in [-0.25, -0.2) is 0 Å². The number of methoxy groups -OCH3 is 1. The van der Waals surface area contributed by atoms with Gasteiger partial charge in [0.15, 0.2) is 5.75 Å². The molecule has 0 atom stereocenters. The summed E-state index contributed by atoms with van der Waals surface area (Å²) < 4.78 is 6.09. The monoisotopic (exact) mass is 217 g/mol. The SMILES string of the molecule is COc1c(Cl)sc2c1CCNCC2. The van der Waals surface area contributed by atoms with Crippen molar-refractivity contribution in [3.8, 4) is 5.75 Å². The lowest BCUT2D eigenvalue weighted by molar-refractivity contribution is 0.412. The van der Waals surface area contributed by atoms with Gasteiger partial charge in [-0.05, 0) is 25.9 Å². The fraction of sp³-hybridized carbons (Fsp3) is 0.556. The second-order valence-electron chi connectivity index (χ2n) is 3.06. The molecule has 1 aliphatic rings. The first-order chi connectivity index (χ1) is 6.33. The van der Waals surface area contributed by atoms with Gasteiger partial charge in [0.05, 0.1) is 7.11 Å². The molecule has 72 valence electrons. The van der Waals surface area contributed by atoms with Gasteiger partial charge in [-0.1, -0.05) is 11.6 Å². The molecule has 0 amide bonds. The lowest BCUT2D eigenvalue weighted by Gasteiger charge is -2.02. The predicted molar refractivity (Wildman–Crippen MR) is 56.2 cm³/mol. The molecule has 2 nitrogen and oxygen atoms in total. The fourth-order valence-corrected chi connectivity index (χ4v) is 3.17. The Morgan fingerprint density at radius 3 is 2.92 bits per heavy atom. The summed E-state index contributed by atoms with van der Waals surface area (Å²) in [5, 5.41) is 3.36. The van der Waals surface area contributed by atoms with Crippen molar-refractivity contribution in [3.05, 3.63) is 14.8 Å². The summed E-state index contributed by atoms with van der Waals surface area (Å²) >= 11 is 7.72. The molecule has 0 bridgehead atoms. The van der Waals surface area contributed by atoms with Gasteiger partial charge in [0.25, 0.3) is 0 Å². The lowest BCUT2D eigenvalue weighted by Crippen LogP contribution is -2.16. The minimum absolute atomic E-state index is 0.800. The van der Waals surface area contributed by atoms with E-state index in [4.69, 9.17) is 16.3 Å². The van der Waals surface area contributed by atoms with Crippen molar-refractivity contribution in [2.24, 2.45) is 0 Å². The van der Waals surface area contributed by atoms with Crippen LogP contribution in [-0.4, -0.2) is 20.2 Å². The highest BCUT2D eigenvalue weighted by Crippen LogP contribution is 2.40. The van der Waals surface area contributed by atoms with Crippen molar-refractivity contribution in [1.82, 2.24) is 5.32 Å². The maximum absolute atomic E-state index is 6.06. The fourth-order valence-electron chi connectivity index (χ4n) is 1.66. The first-order valence-corrected chi connectivity index (χ1v) is 5.57. The van der Waals surface area contributed by atoms with Crippen molar-refractivity contribution in [1.29, 1.82) is 0 Å². The second-order valence-corrected chi connectivity index (χ2v) is 4.77. The van der Waals surface area contributed by atoms with Crippen LogP contribution in [0.1, 0.15) is 10.4 Å². The summed E-state index contributed by atoms with van der Waals surface area (Å²) in [6.07, 6.45) is 2.10. The van der Waals surface area contributed by atoms with E-state index in [0.717, 1.165) is 36.0 Å². The summed E-state index contributed by atoms with van der Waals surface area (Å²) in [4.78, 5) is 1.38. The maximum Gasteiger partial charge on any atom is 0.151 e. The number of hydrogen-bond acceptors (Lipinski definition) is 3. The normalized spacial score (nSPS) is 16.5. The molecule has 0 aromatic carbocycles. The van der Waals surface area contributed by atoms with Crippen LogP contribution in [0.2, 0.25) is 4.34 Å². The van der Waals surface area contributed by atoms with Gasteiger partial charge in [0.2, 0.25) is 0 Å². The van der Waals surface area contributed by atoms with Crippen molar-refractivity contribution in [2.45, 2.75) is 12.8 Å². The highest BCUT2D eigenvalue weighted by Gasteiger charge is 2.18. The molecule has 1 aliphatic heterocycles. The van der Waals surface area contributed by atoms with Crippen LogP contribution in [0.3, 0.4) is 0 Å². The van der Waals surface area contributed by atoms with E-state index in [1.807, 2.05) is 0 Å². The molecule has 2 rings (SSSR count). The van der Waals surface area contributed by atoms with E-state index in [9.17, 15) is 0 Å². The zero-order chi connectivity index (χ0) is 9.26. The predicted octanol–water partition coefficient (Wildman–Crippen LogP) is 2.10. The van der Waals surface area contributed by atoms with Gasteiger partial charge < -0.3 is 10.1 Å². The third-order valence-electron chi connectivity index (χ3n) is 2.29. The van der Waals surface area contributed by atoms with Crippen molar-refractivity contribution < 1.29 is 4.74 Å². The van der Waals surface area contributed by atoms with Gasteiger partial charge in [-0.2, -0.15) is 0 Å². The first kappa shape index (κ1) is 9.31. The smallest absolute Gasteiger partial charge is 0.151 e. The molecule has 4 heteroatoms. The van der Waals surface area contributed by atoms with Gasteiger partial charge >= 0.3 is 0 Å². The standard InChI is InChI=1S/C9H12ClNOS/c1-12-8-6-2-4-11-5-3-7(6)13-9(8)10/h11H,2-5H2,1H3. The number of rotatable bonds is 1. The highest BCUT2D eigenvalue weighted by molar-refractivity contribution is 7.16. The minimum Gasteiger partial charge on any atom is -0.494 e. The number of nitrogens with one attached hydrogen (secondary N) is 1.